The van der Waals surface area contributed by atoms with Gasteiger partial charge in [-0.3, -0.25) is 9.52 Å². The highest BCUT2D eigenvalue weighted by molar-refractivity contribution is 7.92. The van der Waals surface area contributed by atoms with E-state index in [1.54, 1.807) is 30.3 Å². The summed E-state index contributed by atoms with van der Waals surface area (Å²) in [7, 11) is -3.76. The molecule has 0 spiro atoms. The number of nitrogens with one attached hydrogen (secondary N) is 1. The van der Waals surface area contributed by atoms with Crippen LogP contribution in [0.1, 0.15) is 48.9 Å². The molecule has 168 valence electrons. The summed E-state index contributed by atoms with van der Waals surface area (Å²) in [6.45, 7) is -0.208. The number of hydrogen-bond acceptors (Lipinski definition) is 5. The molecule has 4 fully saturated rings. The Bertz CT molecular complexity index is 1090. The molecule has 0 amide bonds. The highest BCUT2D eigenvalue weighted by Gasteiger charge is 2.54. The second-order valence-electron chi connectivity index (χ2n) is 9.69. The van der Waals surface area contributed by atoms with E-state index in [4.69, 9.17) is 4.74 Å². The van der Waals surface area contributed by atoms with Crippen LogP contribution in [0.3, 0.4) is 0 Å². The van der Waals surface area contributed by atoms with Gasteiger partial charge in [0.05, 0.1) is 10.5 Å². The first-order chi connectivity index (χ1) is 15.3. The Morgan fingerprint density at radius 1 is 0.875 bits per heavy atom. The summed E-state index contributed by atoms with van der Waals surface area (Å²) in [4.78, 5) is 25.6. The number of hydrogen-bond donors (Lipinski definition) is 1. The molecule has 0 aliphatic heterocycles. The maximum absolute atomic E-state index is 13.0. The van der Waals surface area contributed by atoms with Crippen molar-refractivity contribution < 1.29 is 22.7 Å². The number of carbonyl (C=O) groups excluding carboxylic acids is 2. The number of para-hydroxylation sites is 1. The Labute approximate surface area is 188 Å². The third-order valence-electron chi connectivity index (χ3n) is 7.39. The van der Waals surface area contributed by atoms with Crippen molar-refractivity contribution in [3.05, 3.63) is 60.2 Å². The fourth-order valence-corrected chi connectivity index (χ4v) is 7.37. The van der Waals surface area contributed by atoms with Gasteiger partial charge < -0.3 is 4.74 Å². The number of carbonyl (C=O) groups is 2. The predicted octanol–water partition coefficient (Wildman–Crippen LogP) is 4.43. The van der Waals surface area contributed by atoms with Gasteiger partial charge >= 0.3 is 5.97 Å². The minimum Gasteiger partial charge on any atom is -0.454 e. The largest absolute Gasteiger partial charge is 0.454 e. The Morgan fingerprint density at radius 3 is 2.00 bits per heavy atom. The van der Waals surface area contributed by atoms with E-state index in [1.165, 1.54) is 43.5 Å². The second kappa shape index (κ2) is 8.03. The number of rotatable bonds is 7. The zero-order chi connectivity index (χ0) is 22.3. The van der Waals surface area contributed by atoms with Crippen LogP contribution in [0.15, 0.2) is 59.5 Å². The molecule has 2 aromatic rings. The summed E-state index contributed by atoms with van der Waals surface area (Å²) in [6, 6.07) is 14.1. The number of benzene rings is 2. The average Bonchev–Trinajstić information content (AvgIpc) is 2.77. The second-order valence-corrected chi connectivity index (χ2v) is 11.4. The molecule has 0 radical (unpaired) electrons. The fraction of sp³-hybridized carbons (Fsp3) is 0.440. The molecule has 4 aliphatic carbocycles. The molecular formula is C25H27NO5S. The van der Waals surface area contributed by atoms with E-state index in [1.807, 2.05) is 0 Å². The minimum absolute atomic E-state index is 0.0440. The molecule has 32 heavy (non-hydrogen) atoms. The number of ether oxygens (including phenoxy) is 1. The van der Waals surface area contributed by atoms with Crippen molar-refractivity contribution in [2.24, 2.45) is 23.2 Å². The smallest absolute Gasteiger partial charge is 0.338 e. The lowest BCUT2D eigenvalue weighted by atomic mass is 9.48. The highest BCUT2D eigenvalue weighted by Crippen LogP contribution is 2.60. The number of anilines is 1. The van der Waals surface area contributed by atoms with Crippen molar-refractivity contribution in [1.82, 2.24) is 0 Å². The fourth-order valence-electron chi connectivity index (χ4n) is 6.31. The Morgan fingerprint density at radius 2 is 1.44 bits per heavy atom. The van der Waals surface area contributed by atoms with Crippen LogP contribution in [0.4, 0.5) is 5.69 Å². The molecule has 0 aromatic heterocycles. The van der Waals surface area contributed by atoms with Gasteiger partial charge in [0.25, 0.3) is 10.0 Å². The topological polar surface area (TPSA) is 89.5 Å². The summed E-state index contributed by atoms with van der Waals surface area (Å²) in [6.07, 6.45) is 6.57. The van der Waals surface area contributed by atoms with Crippen molar-refractivity contribution in [1.29, 1.82) is 0 Å². The summed E-state index contributed by atoms with van der Waals surface area (Å²) in [5.74, 6) is 1.40. The molecular weight excluding hydrogens is 426 g/mol. The Hall–Kier alpha value is -2.67. The van der Waals surface area contributed by atoms with Crippen LogP contribution in [0, 0.1) is 23.2 Å². The van der Waals surface area contributed by atoms with Crippen molar-refractivity contribution in [2.45, 2.75) is 43.4 Å². The summed E-state index contributed by atoms with van der Waals surface area (Å²) >= 11 is 0. The van der Waals surface area contributed by atoms with Crippen molar-refractivity contribution in [2.75, 3.05) is 11.3 Å². The lowest BCUT2D eigenvalue weighted by Crippen LogP contribution is -2.51. The Kier molecular flexibility index (Phi) is 5.32. The molecule has 2 aromatic carbocycles. The van der Waals surface area contributed by atoms with Gasteiger partial charge in [0.1, 0.15) is 0 Å². The molecule has 0 unspecified atom stereocenters. The van der Waals surface area contributed by atoms with E-state index < -0.39 is 16.0 Å². The van der Waals surface area contributed by atoms with E-state index in [-0.39, 0.29) is 28.3 Å². The maximum atomic E-state index is 13.0. The van der Waals surface area contributed by atoms with Crippen LogP contribution in [0.5, 0.6) is 0 Å². The van der Waals surface area contributed by atoms with Crippen molar-refractivity contribution >= 4 is 27.5 Å². The normalized spacial score (nSPS) is 28.3. The quantitative estimate of drug-likeness (QED) is 0.627. The van der Waals surface area contributed by atoms with E-state index in [0.29, 0.717) is 23.4 Å². The van der Waals surface area contributed by atoms with Crippen molar-refractivity contribution in [3.63, 3.8) is 0 Å². The summed E-state index contributed by atoms with van der Waals surface area (Å²) in [5, 5.41) is 0. The zero-order valence-corrected chi connectivity index (χ0v) is 18.6. The van der Waals surface area contributed by atoms with Crippen molar-refractivity contribution in [3.8, 4) is 0 Å². The van der Waals surface area contributed by atoms with Crippen LogP contribution in [0.2, 0.25) is 0 Å². The average molecular weight is 454 g/mol. The molecule has 4 saturated carbocycles. The first kappa shape index (κ1) is 21.2. The highest BCUT2D eigenvalue weighted by atomic mass is 32.2. The molecule has 0 heterocycles. The zero-order valence-electron chi connectivity index (χ0n) is 17.8. The SMILES string of the molecule is O=C(OCC(=O)C12CC3CC(CC(C3)C1)C2)c1ccc(S(=O)(=O)Nc2ccccc2)cc1. The van der Waals surface area contributed by atoms with Crippen LogP contribution in [-0.2, 0) is 19.6 Å². The number of Topliss-reactive ketones (excluding diaryl/α,β-unsaturated/α-hetero) is 1. The van der Waals surface area contributed by atoms with Crippen LogP contribution >= 0.6 is 0 Å². The van der Waals surface area contributed by atoms with Crippen LogP contribution < -0.4 is 4.72 Å². The number of ketones is 1. The molecule has 4 aliphatic rings. The minimum atomic E-state index is -3.76. The van der Waals surface area contributed by atoms with E-state index in [0.717, 1.165) is 19.3 Å². The molecule has 0 saturated heterocycles. The van der Waals surface area contributed by atoms with Gasteiger partial charge in [-0.05, 0) is 92.7 Å². The first-order valence-corrected chi connectivity index (χ1v) is 12.7. The predicted molar refractivity (Wildman–Crippen MR) is 120 cm³/mol. The van der Waals surface area contributed by atoms with E-state index >= 15 is 0 Å². The summed E-state index contributed by atoms with van der Waals surface area (Å²) < 4.78 is 32.9. The molecule has 1 N–H and O–H groups in total. The van der Waals surface area contributed by atoms with Gasteiger partial charge in [-0.2, -0.15) is 0 Å². The van der Waals surface area contributed by atoms with Gasteiger partial charge in [0.2, 0.25) is 0 Å². The number of esters is 1. The van der Waals surface area contributed by atoms with E-state index in [9.17, 15) is 18.0 Å². The van der Waals surface area contributed by atoms with Gasteiger partial charge in [-0.1, -0.05) is 18.2 Å². The molecule has 7 heteroatoms. The Balaban J connectivity index is 1.20. The third-order valence-corrected chi connectivity index (χ3v) is 8.79. The van der Waals surface area contributed by atoms with Gasteiger partial charge in [0, 0.05) is 11.1 Å². The molecule has 6 rings (SSSR count). The molecule has 6 nitrogen and oxygen atoms in total. The number of sulfonamides is 1. The standard InChI is InChI=1S/C25H27NO5S/c27-23(25-13-17-10-18(14-25)12-19(11-17)15-25)16-31-24(28)20-6-8-22(9-7-20)32(29,30)26-21-4-2-1-3-5-21/h1-9,17-19,26H,10-16H2. The third kappa shape index (κ3) is 4.06. The monoisotopic (exact) mass is 453 g/mol. The maximum Gasteiger partial charge on any atom is 0.338 e. The van der Waals surface area contributed by atoms with Crippen LogP contribution in [-0.4, -0.2) is 26.8 Å². The van der Waals surface area contributed by atoms with Gasteiger partial charge in [-0.25, -0.2) is 13.2 Å². The lowest BCUT2D eigenvalue weighted by Gasteiger charge is -2.55. The molecule has 0 atom stereocenters. The van der Waals surface area contributed by atoms with Crippen LogP contribution in [0.25, 0.3) is 0 Å². The van der Waals surface area contributed by atoms with Gasteiger partial charge in [-0.15, -0.1) is 0 Å². The van der Waals surface area contributed by atoms with E-state index in [2.05, 4.69) is 4.72 Å². The van der Waals surface area contributed by atoms with Gasteiger partial charge in [0.15, 0.2) is 12.4 Å². The summed E-state index contributed by atoms with van der Waals surface area (Å²) in [5.41, 5.74) is 0.386. The first-order valence-electron chi connectivity index (χ1n) is 11.2. The lowest BCUT2D eigenvalue weighted by molar-refractivity contribution is -0.147. The molecule has 4 bridgehead atoms.